The summed E-state index contributed by atoms with van der Waals surface area (Å²) in [5.74, 6) is 0.389. The van der Waals surface area contributed by atoms with Gasteiger partial charge in [-0.15, -0.1) is 0 Å². The molecule has 1 unspecified atom stereocenters. The minimum Gasteiger partial charge on any atom is -0.508 e. The average Bonchev–Trinajstić information content (AvgIpc) is 3.75. The molecule has 60 heavy (non-hydrogen) atoms. The van der Waals surface area contributed by atoms with E-state index in [2.05, 4.69) is 17.4 Å². The van der Waals surface area contributed by atoms with E-state index in [0.717, 1.165) is 33.4 Å². The van der Waals surface area contributed by atoms with Gasteiger partial charge in [0.05, 0.1) is 25.1 Å². The molecule has 3 heterocycles. The minimum atomic E-state index is -1.42. The number of benzene rings is 6. The Morgan fingerprint density at radius 1 is 0.783 bits per heavy atom. The van der Waals surface area contributed by atoms with Crippen molar-refractivity contribution in [3.05, 3.63) is 159 Å². The largest absolute Gasteiger partial charge is 0.508 e. The number of amides is 1. The van der Waals surface area contributed by atoms with Gasteiger partial charge in [-0.1, -0.05) is 30.3 Å². The van der Waals surface area contributed by atoms with Crippen molar-refractivity contribution >= 4 is 17.8 Å². The van der Waals surface area contributed by atoms with Crippen LogP contribution in [0, 0.1) is 13.8 Å². The quantitative estimate of drug-likeness (QED) is 0.0734. The molecule has 1 atom stereocenters. The fourth-order valence-electron chi connectivity index (χ4n) is 8.45. The molecule has 0 fully saturated rings. The van der Waals surface area contributed by atoms with Gasteiger partial charge in [0.15, 0.2) is 5.60 Å². The lowest BCUT2D eigenvalue weighted by molar-refractivity contribution is -0.137. The van der Waals surface area contributed by atoms with E-state index in [0.29, 0.717) is 47.2 Å². The van der Waals surface area contributed by atoms with Crippen molar-refractivity contribution in [2.75, 3.05) is 19.8 Å². The Balaban J connectivity index is 0.835. The van der Waals surface area contributed by atoms with Gasteiger partial charge in [0.2, 0.25) is 0 Å². The van der Waals surface area contributed by atoms with E-state index in [9.17, 15) is 29.7 Å². The van der Waals surface area contributed by atoms with Crippen LogP contribution in [0.15, 0.2) is 109 Å². The maximum atomic E-state index is 13.5. The summed E-state index contributed by atoms with van der Waals surface area (Å²) in [6, 6.07) is 31.5. The van der Waals surface area contributed by atoms with Crippen molar-refractivity contribution in [3.63, 3.8) is 0 Å². The number of carboxylic acid groups (broad SMARTS) is 1. The third-order valence-electron chi connectivity index (χ3n) is 11.1. The molecule has 0 aromatic heterocycles. The van der Waals surface area contributed by atoms with Crippen LogP contribution in [0.4, 0.5) is 0 Å². The summed E-state index contributed by atoms with van der Waals surface area (Å²) in [5.41, 5.74) is 6.58. The number of rotatable bonds is 11. The Morgan fingerprint density at radius 2 is 1.50 bits per heavy atom. The Hall–Kier alpha value is -7.47. The first-order valence-corrected chi connectivity index (χ1v) is 19.4. The number of hydrogen-bond donors (Lipinski definition) is 4. The lowest BCUT2D eigenvalue weighted by atomic mass is 9.77. The molecule has 0 bridgehead atoms. The number of phenols is 2. The predicted molar refractivity (Wildman–Crippen MR) is 218 cm³/mol. The lowest BCUT2D eigenvalue weighted by Crippen LogP contribution is -2.33. The third-order valence-corrected chi connectivity index (χ3v) is 11.1. The summed E-state index contributed by atoms with van der Waals surface area (Å²) in [6.07, 6.45) is 0.0260. The zero-order chi connectivity index (χ0) is 41.7. The van der Waals surface area contributed by atoms with Gasteiger partial charge in [0.1, 0.15) is 53.5 Å². The standard InChI is InChI=1S/C48H39NO11/c1-26-16-35(17-27(2)45(26)29-5-3-4-28(18-29)24-57-34-9-10-36-31(20-44(52)53)25-58-41(36)23-34)56-15-14-49-46(54)30-6-11-38-37(19-30)47(55)60-48(38)39-12-7-32(50)21-42(39)59-43-22-33(51)8-13-40(43)48/h3-13,16-19,21-23,31,50-51H,14-15,20,24-25H2,1-2H3,(H,49,54)(H,52,53). The Bertz CT molecular complexity index is 2670. The van der Waals surface area contributed by atoms with Crippen LogP contribution in [0.25, 0.3) is 11.1 Å². The number of aryl methyl sites for hydroxylation is 2. The minimum absolute atomic E-state index is 0.0260. The second kappa shape index (κ2) is 15.0. The van der Waals surface area contributed by atoms with Gasteiger partial charge in [0, 0.05) is 51.9 Å². The van der Waals surface area contributed by atoms with Crippen molar-refractivity contribution in [2.45, 2.75) is 38.4 Å². The summed E-state index contributed by atoms with van der Waals surface area (Å²) < 4.78 is 30.0. The molecule has 3 aliphatic rings. The summed E-state index contributed by atoms with van der Waals surface area (Å²) in [7, 11) is 0. The number of carbonyl (C=O) groups is 3. The van der Waals surface area contributed by atoms with E-state index < -0.39 is 23.4 Å². The number of aliphatic carboxylic acids is 1. The van der Waals surface area contributed by atoms with Crippen LogP contribution in [0.1, 0.15) is 72.0 Å². The first-order chi connectivity index (χ1) is 29.0. The smallest absolute Gasteiger partial charge is 0.340 e. The Kier molecular flexibility index (Phi) is 9.54. The van der Waals surface area contributed by atoms with E-state index in [4.69, 9.17) is 23.7 Å². The molecule has 0 saturated heterocycles. The van der Waals surface area contributed by atoms with Gasteiger partial charge in [-0.05, 0) is 102 Å². The fraction of sp³-hybridized carbons (Fsp3) is 0.188. The fourth-order valence-corrected chi connectivity index (χ4v) is 8.45. The molecule has 9 rings (SSSR count). The topological polar surface area (TPSA) is 170 Å². The van der Waals surface area contributed by atoms with Crippen molar-refractivity contribution in [2.24, 2.45) is 0 Å². The number of aromatic hydroxyl groups is 2. The van der Waals surface area contributed by atoms with Gasteiger partial charge in [-0.2, -0.15) is 0 Å². The van der Waals surface area contributed by atoms with E-state index in [1.165, 1.54) is 30.3 Å². The normalized spacial score (nSPS) is 15.1. The van der Waals surface area contributed by atoms with E-state index in [1.807, 2.05) is 56.3 Å². The van der Waals surface area contributed by atoms with Crippen LogP contribution in [0.5, 0.6) is 40.2 Å². The number of hydrogen-bond acceptors (Lipinski definition) is 10. The summed E-state index contributed by atoms with van der Waals surface area (Å²) in [5, 5.41) is 32.4. The molecule has 0 radical (unpaired) electrons. The molecular weight excluding hydrogens is 767 g/mol. The summed E-state index contributed by atoms with van der Waals surface area (Å²) in [6.45, 7) is 5.14. The second-order valence-electron chi connectivity index (χ2n) is 15.1. The van der Waals surface area contributed by atoms with Gasteiger partial charge in [-0.3, -0.25) is 9.59 Å². The van der Waals surface area contributed by atoms with Gasteiger partial charge in [0.25, 0.3) is 5.91 Å². The average molecular weight is 806 g/mol. The van der Waals surface area contributed by atoms with Crippen molar-refractivity contribution in [3.8, 4) is 51.4 Å². The van der Waals surface area contributed by atoms with Crippen LogP contribution in [0.2, 0.25) is 0 Å². The van der Waals surface area contributed by atoms with E-state index in [-0.39, 0.29) is 59.6 Å². The highest BCUT2D eigenvalue weighted by molar-refractivity contribution is 6.01. The zero-order valence-electron chi connectivity index (χ0n) is 32.6. The second-order valence-corrected chi connectivity index (χ2v) is 15.1. The molecule has 12 heteroatoms. The van der Waals surface area contributed by atoms with Crippen LogP contribution in [-0.2, 0) is 21.7 Å². The SMILES string of the molecule is Cc1cc(OCCNC(=O)c2ccc3c(c2)C(=O)OC32c3ccc(O)cc3Oc3cc(O)ccc32)cc(C)c1-c1cccc(COc2ccc3c(c2)OCC3CC(=O)O)c1. The highest BCUT2D eigenvalue weighted by atomic mass is 16.6. The van der Waals surface area contributed by atoms with Crippen molar-refractivity contribution in [1.29, 1.82) is 0 Å². The molecule has 0 aliphatic carbocycles. The highest BCUT2D eigenvalue weighted by Crippen LogP contribution is 2.57. The maximum absolute atomic E-state index is 13.5. The highest BCUT2D eigenvalue weighted by Gasteiger charge is 2.53. The number of carbonyl (C=O) groups excluding carboxylic acids is 2. The van der Waals surface area contributed by atoms with Crippen LogP contribution < -0.4 is 24.3 Å². The molecular formula is C48H39NO11. The monoisotopic (exact) mass is 805 g/mol. The molecule has 12 nitrogen and oxygen atoms in total. The molecule has 4 N–H and O–H groups in total. The maximum Gasteiger partial charge on any atom is 0.340 e. The third kappa shape index (κ3) is 6.85. The van der Waals surface area contributed by atoms with Crippen LogP contribution in [-0.4, -0.2) is 52.9 Å². The number of fused-ring (bicyclic) bond motifs is 7. The molecule has 6 aromatic carbocycles. The number of ether oxygens (including phenoxy) is 5. The molecule has 6 aromatic rings. The van der Waals surface area contributed by atoms with Gasteiger partial charge < -0.3 is 44.3 Å². The predicted octanol–water partition coefficient (Wildman–Crippen LogP) is 8.29. The zero-order valence-corrected chi connectivity index (χ0v) is 32.6. The number of nitrogens with one attached hydrogen (secondary N) is 1. The molecule has 1 amide bonds. The Morgan fingerprint density at radius 3 is 2.22 bits per heavy atom. The van der Waals surface area contributed by atoms with Crippen LogP contribution in [0.3, 0.4) is 0 Å². The van der Waals surface area contributed by atoms with E-state index in [1.54, 1.807) is 24.3 Å². The molecule has 302 valence electrons. The molecule has 3 aliphatic heterocycles. The van der Waals surface area contributed by atoms with Gasteiger partial charge >= 0.3 is 11.9 Å². The number of esters is 1. The first kappa shape index (κ1) is 38.1. The van der Waals surface area contributed by atoms with Crippen molar-refractivity contribution in [1.82, 2.24) is 5.32 Å². The van der Waals surface area contributed by atoms with Crippen LogP contribution >= 0.6 is 0 Å². The van der Waals surface area contributed by atoms with E-state index >= 15 is 0 Å². The number of phenolic OH excluding ortho intramolecular Hbond substituents is 2. The first-order valence-electron chi connectivity index (χ1n) is 19.4. The summed E-state index contributed by atoms with van der Waals surface area (Å²) in [4.78, 5) is 38.0. The lowest BCUT2D eigenvalue weighted by Gasteiger charge is -2.36. The number of carboxylic acids is 1. The Labute approximate surface area is 344 Å². The molecule has 1 spiro atoms. The van der Waals surface area contributed by atoms with Gasteiger partial charge in [-0.25, -0.2) is 4.79 Å². The van der Waals surface area contributed by atoms with Crippen molar-refractivity contribution < 1.29 is 53.4 Å². The summed E-state index contributed by atoms with van der Waals surface area (Å²) >= 11 is 0. The molecule has 0 saturated carbocycles.